The molecule has 0 aliphatic carbocycles. The van der Waals surface area contributed by atoms with Gasteiger partial charge in [-0.05, 0) is 42.7 Å². The summed E-state index contributed by atoms with van der Waals surface area (Å²) in [6, 6.07) is 8.78. The van der Waals surface area contributed by atoms with Gasteiger partial charge in [0.25, 0.3) is 0 Å². The number of aryl methyl sites for hydroxylation is 1. The van der Waals surface area contributed by atoms with Crippen LogP contribution < -0.4 is 0 Å². The van der Waals surface area contributed by atoms with E-state index in [1.807, 2.05) is 18.2 Å². The second-order valence-electron chi connectivity index (χ2n) is 4.71. The van der Waals surface area contributed by atoms with Crippen molar-refractivity contribution in [3.8, 4) is 11.1 Å². The summed E-state index contributed by atoms with van der Waals surface area (Å²) in [5.41, 5.74) is 2.18. The fourth-order valence-electron chi connectivity index (χ4n) is 2.42. The summed E-state index contributed by atoms with van der Waals surface area (Å²) < 4.78 is 0.762. The van der Waals surface area contributed by atoms with E-state index in [0.29, 0.717) is 11.1 Å². The van der Waals surface area contributed by atoms with Crippen molar-refractivity contribution in [2.75, 3.05) is 0 Å². The Labute approximate surface area is 130 Å². The lowest BCUT2D eigenvalue weighted by Crippen LogP contribution is -2.11. The average molecular weight is 349 g/mol. The smallest absolute Gasteiger partial charge is 0.336 e. The molecule has 0 unspecified atom stereocenters. The van der Waals surface area contributed by atoms with Crippen LogP contribution in [0.4, 0.5) is 0 Å². The summed E-state index contributed by atoms with van der Waals surface area (Å²) in [4.78, 5) is 22.9. The lowest BCUT2D eigenvalue weighted by Gasteiger charge is -2.16. The molecule has 0 atom stereocenters. The molecule has 2 aromatic carbocycles. The third-order valence-electron chi connectivity index (χ3n) is 3.37. The molecule has 0 saturated carbocycles. The molecule has 0 aromatic heterocycles. The topological polar surface area (TPSA) is 74.6 Å². The van der Waals surface area contributed by atoms with Gasteiger partial charge in [0, 0.05) is 10.0 Å². The van der Waals surface area contributed by atoms with Crippen molar-refractivity contribution in [3.05, 3.63) is 57.1 Å². The molecular weight excluding hydrogens is 336 g/mol. The Morgan fingerprint density at radius 1 is 1.05 bits per heavy atom. The molecule has 0 heterocycles. The normalized spacial score (nSPS) is 10.4. The first-order chi connectivity index (χ1) is 9.84. The van der Waals surface area contributed by atoms with Gasteiger partial charge in [0.1, 0.15) is 0 Å². The van der Waals surface area contributed by atoms with Gasteiger partial charge in [-0.3, -0.25) is 0 Å². The van der Waals surface area contributed by atoms with Crippen molar-refractivity contribution in [3.63, 3.8) is 0 Å². The molecule has 5 heteroatoms. The van der Waals surface area contributed by atoms with E-state index in [0.717, 1.165) is 10.0 Å². The standard InChI is InChI=1S/C16H13BrO4/c1-8-7-11(15(18)19)9(2)14(16(20)21)13(8)10-5-3-4-6-12(10)17/h3-7H,1-2H3,(H,18,19)(H,20,21). The highest BCUT2D eigenvalue weighted by molar-refractivity contribution is 9.10. The van der Waals surface area contributed by atoms with Gasteiger partial charge in [0.15, 0.2) is 0 Å². The Kier molecular flexibility index (Phi) is 4.14. The Morgan fingerprint density at radius 3 is 2.19 bits per heavy atom. The summed E-state index contributed by atoms with van der Waals surface area (Å²) in [5.74, 6) is -2.26. The van der Waals surface area contributed by atoms with Crippen molar-refractivity contribution < 1.29 is 19.8 Å². The minimum absolute atomic E-state index is 0.0145. The monoisotopic (exact) mass is 348 g/mol. The van der Waals surface area contributed by atoms with Crippen LogP contribution >= 0.6 is 15.9 Å². The highest BCUT2D eigenvalue weighted by atomic mass is 79.9. The summed E-state index contributed by atoms with van der Waals surface area (Å²) in [6.07, 6.45) is 0. The number of rotatable bonds is 3. The van der Waals surface area contributed by atoms with Crippen LogP contribution in [0.5, 0.6) is 0 Å². The highest BCUT2D eigenvalue weighted by Crippen LogP contribution is 2.36. The molecule has 0 amide bonds. The van der Waals surface area contributed by atoms with E-state index >= 15 is 0 Å². The predicted octanol–water partition coefficient (Wildman–Crippen LogP) is 4.13. The molecule has 0 aliphatic heterocycles. The maximum atomic E-state index is 11.6. The van der Waals surface area contributed by atoms with Crippen LogP contribution in [0.2, 0.25) is 0 Å². The minimum Gasteiger partial charge on any atom is -0.478 e. The first-order valence-electron chi connectivity index (χ1n) is 6.20. The van der Waals surface area contributed by atoms with E-state index in [9.17, 15) is 19.8 Å². The summed E-state index contributed by atoms with van der Waals surface area (Å²) >= 11 is 3.41. The average Bonchev–Trinajstić information content (AvgIpc) is 2.40. The first kappa shape index (κ1) is 15.3. The van der Waals surface area contributed by atoms with Crippen LogP contribution in [0.3, 0.4) is 0 Å². The van der Waals surface area contributed by atoms with E-state index in [4.69, 9.17) is 0 Å². The fraction of sp³-hybridized carbons (Fsp3) is 0.125. The zero-order valence-corrected chi connectivity index (χ0v) is 13.1. The van der Waals surface area contributed by atoms with Crippen molar-refractivity contribution in [2.45, 2.75) is 13.8 Å². The molecule has 2 N–H and O–H groups in total. The number of benzene rings is 2. The zero-order valence-electron chi connectivity index (χ0n) is 11.5. The number of hydrogen-bond acceptors (Lipinski definition) is 2. The number of carbonyl (C=O) groups is 2. The lowest BCUT2D eigenvalue weighted by atomic mass is 9.88. The number of hydrogen-bond donors (Lipinski definition) is 2. The number of carboxylic acids is 2. The summed E-state index contributed by atoms with van der Waals surface area (Å²) in [7, 11) is 0. The van der Waals surface area contributed by atoms with Crippen LogP contribution in [0.1, 0.15) is 31.8 Å². The molecule has 0 spiro atoms. The third kappa shape index (κ3) is 2.69. The van der Waals surface area contributed by atoms with E-state index in [2.05, 4.69) is 15.9 Å². The Hall–Kier alpha value is -2.14. The van der Waals surface area contributed by atoms with E-state index in [-0.39, 0.29) is 16.7 Å². The van der Waals surface area contributed by atoms with Crippen LogP contribution in [-0.4, -0.2) is 22.2 Å². The Morgan fingerprint density at radius 2 is 1.67 bits per heavy atom. The Bertz CT molecular complexity index is 750. The zero-order chi connectivity index (χ0) is 15.7. The number of halogens is 1. The van der Waals surface area contributed by atoms with Crippen LogP contribution in [0.15, 0.2) is 34.8 Å². The predicted molar refractivity (Wildman–Crippen MR) is 83.0 cm³/mol. The Balaban J connectivity index is 2.90. The van der Waals surface area contributed by atoms with Gasteiger partial charge in [0.2, 0.25) is 0 Å². The molecule has 2 rings (SSSR count). The van der Waals surface area contributed by atoms with Crippen molar-refractivity contribution in [2.24, 2.45) is 0 Å². The maximum absolute atomic E-state index is 11.6. The molecular formula is C16H13BrO4. The molecule has 4 nitrogen and oxygen atoms in total. The highest BCUT2D eigenvalue weighted by Gasteiger charge is 2.23. The molecule has 0 saturated heterocycles. The van der Waals surface area contributed by atoms with Gasteiger partial charge < -0.3 is 10.2 Å². The number of aromatic carboxylic acids is 2. The minimum atomic E-state index is -1.13. The first-order valence-corrected chi connectivity index (χ1v) is 6.99. The van der Waals surface area contributed by atoms with Crippen LogP contribution in [-0.2, 0) is 0 Å². The SMILES string of the molecule is Cc1cc(C(=O)O)c(C)c(C(=O)O)c1-c1ccccc1Br. The lowest BCUT2D eigenvalue weighted by molar-refractivity contribution is 0.0696. The molecule has 108 valence electrons. The van der Waals surface area contributed by atoms with Gasteiger partial charge in [0.05, 0.1) is 11.1 Å². The second-order valence-corrected chi connectivity index (χ2v) is 5.56. The van der Waals surface area contributed by atoms with Gasteiger partial charge in [-0.2, -0.15) is 0 Å². The quantitative estimate of drug-likeness (QED) is 0.874. The largest absolute Gasteiger partial charge is 0.478 e. The molecule has 2 aromatic rings. The van der Waals surface area contributed by atoms with Crippen LogP contribution in [0.25, 0.3) is 11.1 Å². The van der Waals surface area contributed by atoms with Gasteiger partial charge in [-0.25, -0.2) is 9.59 Å². The molecule has 0 aliphatic rings. The van der Waals surface area contributed by atoms with E-state index in [1.54, 1.807) is 13.0 Å². The van der Waals surface area contributed by atoms with Gasteiger partial charge in [-0.1, -0.05) is 34.1 Å². The summed E-state index contributed by atoms with van der Waals surface area (Å²) in [6.45, 7) is 3.24. The van der Waals surface area contributed by atoms with Gasteiger partial charge in [-0.15, -0.1) is 0 Å². The number of carboxylic acid groups (broad SMARTS) is 2. The molecule has 0 bridgehead atoms. The van der Waals surface area contributed by atoms with Crippen molar-refractivity contribution in [1.29, 1.82) is 0 Å². The van der Waals surface area contributed by atoms with E-state index in [1.165, 1.54) is 13.0 Å². The maximum Gasteiger partial charge on any atom is 0.336 e. The second kappa shape index (κ2) is 5.69. The molecule has 21 heavy (non-hydrogen) atoms. The molecule has 0 radical (unpaired) electrons. The van der Waals surface area contributed by atoms with E-state index < -0.39 is 11.9 Å². The third-order valence-corrected chi connectivity index (χ3v) is 4.06. The van der Waals surface area contributed by atoms with Gasteiger partial charge >= 0.3 is 11.9 Å². The summed E-state index contributed by atoms with van der Waals surface area (Å²) in [5, 5.41) is 18.7. The fourth-order valence-corrected chi connectivity index (χ4v) is 2.90. The van der Waals surface area contributed by atoms with Crippen molar-refractivity contribution in [1.82, 2.24) is 0 Å². The molecule has 0 fully saturated rings. The van der Waals surface area contributed by atoms with Crippen LogP contribution in [0, 0.1) is 13.8 Å². The van der Waals surface area contributed by atoms with Crippen molar-refractivity contribution >= 4 is 27.9 Å².